The van der Waals surface area contributed by atoms with Crippen molar-refractivity contribution >= 4 is 11.7 Å². The van der Waals surface area contributed by atoms with Crippen molar-refractivity contribution in [2.75, 3.05) is 13.1 Å². The van der Waals surface area contributed by atoms with Gasteiger partial charge in [-0.25, -0.2) is 9.37 Å². The van der Waals surface area contributed by atoms with Gasteiger partial charge in [0, 0.05) is 29.6 Å². The monoisotopic (exact) mass is 458 g/mol. The quantitative estimate of drug-likeness (QED) is 0.571. The zero-order valence-corrected chi connectivity index (χ0v) is 19.3. The van der Waals surface area contributed by atoms with E-state index in [0.717, 1.165) is 22.9 Å². The molecule has 2 atom stereocenters. The molecule has 2 aliphatic rings. The van der Waals surface area contributed by atoms with E-state index in [-0.39, 0.29) is 28.7 Å². The summed E-state index contributed by atoms with van der Waals surface area (Å²) in [5.41, 5.74) is 3.86. The van der Waals surface area contributed by atoms with E-state index in [4.69, 9.17) is 0 Å². The second-order valence-corrected chi connectivity index (χ2v) is 9.71. The third-order valence-corrected chi connectivity index (χ3v) is 7.24. The molecule has 1 aliphatic carbocycles. The molecule has 1 spiro atoms. The second-order valence-electron chi connectivity index (χ2n) is 9.71. The van der Waals surface area contributed by atoms with Gasteiger partial charge in [-0.1, -0.05) is 50.2 Å². The summed E-state index contributed by atoms with van der Waals surface area (Å²) >= 11 is 0. The van der Waals surface area contributed by atoms with E-state index in [9.17, 15) is 19.1 Å². The molecule has 34 heavy (non-hydrogen) atoms. The highest BCUT2D eigenvalue weighted by atomic mass is 19.1. The average Bonchev–Trinajstić information content (AvgIpc) is 3.39. The summed E-state index contributed by atoms with van der Waals surface area (Å²) in [5.74, 6) is -0.549. The standard InChI is InChI=1S/C28H27FN2O3/c1-17(2)20-5-3-4-6-21(20)26(33)18-7-9-23-22(13-18)25(32)14-28(23)11-12-31(16-28)27(34)24-10-8-19(29)15-30-24/h3-10,13,15,17,25,32H,11-12,14,16H2,1-2H3. The number of rotatable bonds is 4. The third-order valence-electron chi connectivity index (χ3n) is 7.24. The van der Waals surface area contributed by atoms with Gasteiger partial charge >= 0.3 is 0 Å². The molecule has 2 heterocycles. The van der Waals surface area contributed by atoms with Crippen LogP contribution < -0.4 is 0 Å². The van der Waals surface area contributed by atoms with Crippen LogP contribution in [0, 0.1) is 5.82 Å². The molecule has 174 valence electrons. The minimum Gasteiger partial charge on any atom is -0.388 e. The largest absolute Gasteiger partial charge is 0.388 e. The van der Waals surface area contributed by atoms with Crippen LogP contribution in [0.15, 0.2) is 60.8 Å². The minimum absolute atomic E-state index is 0.0501. The van der Waals surface area contributed by atoms with Crippen LogP contribution in [0.4, 0.5) is 4.39 Å². The van der Waals surface area contributed by atoms with E-state index in [0.29, 0.717) is 37.1 Å². The van der Waals surface area contributed by atoms with E-state index >= 15 is 0 Å². The van der Waals surface area contributed by atoms with E-state index in [1.807, 2.05) is 42.5 Å². The number of hydrogen-bond acceptors (Lipinski definition) is 4. The third kappa shape index (κ3) is 3.72. The first-order chi connectivity index (χ1) is 16.3. The Morgan fingerprint density at radius 2 is 1.94 bits per heavy atom. The van der Waals surface area contributed by atoms with Crippen LogP contribution in [0.1, 0.15) is 81.8 Å². The van der Waals surface area contributed by atoms with Crippen molar-refractivity contribution in [3.63, 3.8) is 0 Å². The van der Waals surface area contributed by atoms with Gasteiger partial charge in [-0.15, -0.1) is 0 Å². The number of fused-ring (bicyclic) bond motifs is 2. The van der Waals surface area contributed by atoms with Crippen molar-refractivity contribution in [3.05, 3.63) is 100 Å². The molecule has 3 aromatic rings. The van der Waals surface area contributed by atoms with Crippen molar-refractivity contribution in [1.82, 2.24) is 9.88 Å². The Kier molecular flexibility index (Phi) is 5.56. The van der Waals surface area contributed by atoms with E-state index in [1.165, 1.54) is 12.1 Å². The van der Waals surface area contributed by atoms with Crippen molar-refractivity contribution in [3.8, 4) is 0 Å². The number of hydrogen-bond donors (Lipinski definition) is 1. The molecule has 2 unspecified atom stereocenters. The van der Waals surface area contributed by atoms with Crippen molar-refractivity contribution in [2.45, 2.75) is 44.1 Å². The van der Waals surface area contributed by atoms with Crippen molar-refractivity contribution < 1.29 is 19.1 Å². The first-order valence-corrected chi connectivity index (χ1v) is 11.7. The van der Waals surface area contributed by atoms with Crippen molar-refractivity contribution in [2.24, 2.45) is 0 Å². The zero-order chi connectivity index (χ0) is 24.0. The smallest absolute Gasteiger partial charge is 0.272 e. The fourth-order valence-corrected chi connectivity index (χ4v) is 5.51. The van der Waals surface area contributed by atoms with Crippen LogP contribution in [0.3, 0.4) is 0 Å². The highest BCUT2D eigenvalue weighted by Gasteiger charge is 2.49. The summed E-state index contributed by atoms with van der Waals surface area (Å²) in [7, 11) is 0. The Labute approximate surface area is 198 Å². The molecular weight excluding hydrogens is 431 g/mol. The normalized spacial score (nSPS) is 21.3. The van der Waals surface area contributed by atoms with Gasteiger partial charge in [0.15, 0.2) is 5.78 Å². The maximum absolute atomic E-state index is 13.3. The maximum Gasteiger partial charge on any atom is 0.272 e. The highest BCUT2D eigenvalue weighted by molar-refractivity contribution is 6.10. The lowest BCUT2D eigenvalue weighted by Crippen LogP contribution is -2.33. The van der Waals surface area contributed by atoms with Crippen LogP contribution in [-0.2, 0) is 5.41 Å². The number of aliphatic hydroxyl groups excluding tert-OH is 1. The van der Waals surface area contributed by atoms with Gasteiger partial charge in [-0.2, -0.15) is 0 Å². The predicted octanol–water partition coefficient (Wildman–Crippen LogP) is 4.80. The summed E-state index contributed by atoms with van der Waals surface area (Å²) in [6, 6.07) is 15.9. The molecule has 2 aromatic carbocycles. The predicted molar refractivity (Wildman–Crippen MR) is 126 cm³/mol. The fourth-order valence-electron chi connectivity index (χ4n) is 5.51. The van der Waals surface area contributed by atoms with Gasteiger partial charge in [-0.05, 0) is 53.6 Å². The lowest BCUT2D eigenvalue weighted by molar-refractivity contribution is 0.0770. The van der Waals surface area contributed by atoms with Gasteiger partial charge in [-0.3, -0.25) is 9.59 Å². The first kappa shape index (κ1) is 22.4. The molecular formula is C28H27FN2O3. The zero-order valence-electron chi connectivity index (χ0n) is 19.3. The average molecular weight is 459 g/mol. The van der Waals surface area contributed by atoms with E-state index in [1.54, 1.807) is 4.90 Å². The molecule has 1 aliphatic heterocycles. The van der Waals surface area contributed by atoms with Crippen LogP contribution in [0.25, 0.3) is 0 Å². The van der Waals surface area contributed by atoms with Gasteiger partial charge in [0.25, 0.3) is 5.91 Å². The number of pyridine rings is 1. The number of nitrogens with zero attached hydrogens (tertiary/aromatic N) is 2. The van der Waals surface area contributed by atoms with Crippen molar-refractivity contribution in [1.29, 1.82) is 0 Å². The van der Waals surface area contributed by atoms with E-state index in [2.05, 4.69) is 18.8 Å². The summed E-state index contributed by atoms with van der Waals surface area (Å²) in [5, 5.41) is 10.9. The Hall–Kier alpha value is -3.38. The Bertz CT molecular complexity index is 1270. The first-order valence-electron chi connectivity index (χ1n) is 11.7. The molecule has 5 rings (SSSR count). The number of halogens is 1. The number of aromatic nitrogens is 1. The number of carbonyl (C=O) groups excluding carboxylic acids is 2. The van der Waals surface area contributed by atoms with Crippen LogP contribution in [0.5, 0.6) is 0 Å². The Balaban J connectivity index is 1.42. The number of benzene rings is 2. The van der Waals surface area contributed by atoms with Gasteiger partial charge in [0.2, 0.25) is 0 Å². The van der Waals surface area contributed by atoms with E-state index < -0.39 is 11.9 Å². The number of ketones is 1. The number of aliphatic hydroxyl groups is 1. The molecule has 1 fully saturated rings. The molecule has 0 radical (unpaired) electrons. The Morgan fingerprint density at radius 1 is 1.15 bits per heavy atom. The van der Waals surface area contributed by atoms with Crippen LogP contribution in [0.2, 0.25) is 0 Å². The summed E-state index contributed by atoms with van der Waals surface area (Å²) in [6.07, 6.45) is 1.57. The molecule has 0 bridgehead atoms. The SMILES string of the molecule is CC(C)c1ccccc1C(=O)c1ccc2c(c1)C(O)CC21CCN(C(=O)c2ccc(F)cn2)C1. The van der Waals surface area contributed by atoms with Gasteiger partial charge in [0.1, 0.15) is 11.5 Å². The Morgan fingerprint density at radius 3 is 2.68 bits per heavy atom. The maximum atomic E-state index is 13.3. The lowest BCUT2D eigenvalue weighted by Gasteiger charge is -2.25. The second kappa shape index (κ2) is 8.44. The van der Waals surface area contributed by atoms with Crippen LogP contribution >= 0.6 is 0 Å². The molecule has 1 amide bonds. The molecule has 1 N–H and O–H groups in total. The topological polar surface area (TPSA) is 70.5 Å². The molecule has 1 saturated heterocycles. The van der Waals surface area contributed by atoms with Crippen LogP contribution in [-0.4, -0.2) is 39.8 Å². The molecule has 0 saturated carbocycles. The summed E-state index contributed by atoms with van der Waals surface area (Å²) in [4.78, 5) is 31.9. The minimum atomic E-state index is -0.693. The molecule has 6 heteroatoms. The number of likely N-dealkylation sites (tertiary alicyclic amines) is 1. The summed E-state index contributed by atoms with van der Waals surface area (Å²) in [6.45, 7) is 5.12. The highest BCUT2D eigenvalue weighted by Crippen LogP contribution is 2.50. The fraction of sp³-hybridized carbons (Fsp3) is 0.321. The number of carbonyl (C=O) groups is 2. The summed E-state index contributed by atoms with van der Waals surface area (Å²) < 4.78 is 13.2. The molecule has 5 nitrogen and oxygen atoms in total. The van der Waals surface area contributed by atoms with Gasteiger partial charge < -0.3 is 10.0 Å². The number of amides is 1. The van der Waals surface area contributed by atoms with Gasteiger partial charge in [0.05, 0.1) is 12.3 Å². The molecule has 1 aromatic heterocycles. The lowest BCUT2D eigenvalue weighted by atomic mass is 9.80.